The largest absolute Gasteiger partial charge is 0.389 e. The van der Waals surface area contributed by atoms with Gasteiger partial charge in [0.2, 0.25) is 0 Å². The van der Waals surface area contributed by atoms with Crippen molar-refractivity contribution in [1.29, 1.82) is 0 Å². The third kappa shape index (κ3) is 5.57. The van der Waals surface area contributed by atoms with Gasteiger partial charge in [0.25, 0.3) is 0 Å². The van der Waals surface area contributed by atoms with Gasteiger partial charge < -0.3 is 5.73 Å². The molecule has 0 spiro atoms. The van der Waals surface area contributed by atoms with E-state index in [1.807, 2.05) is 0 Å². The molecule has 0 bridgehead atoms. The fraction of sp³-hybridized carbons (Fsp3) is 0.400. The third-order valence-electron chi connectivity index (χ3n) is 2.10. The van der Waals surface area contributed by atoms with E-state index in [0.29, 0.717) is 5.56 Å². The fourth-order valence-corrected chi connectivity index (χ4v) is 1.58. The van der Waals surface area contributed by atoms with Gasteiger partial charge in [-0.3, -0.25) is 0 Å². The van der Waals surface area contributed by atoms with Gasteiger partial charge in [0.15, 0.2) is 0 Å². The zero-order chi connectivity index (χ0) is 12.3. The summed E-state index contributed by atoms with van der Waals surface area (Å²) in [6.45, 7) is 0. The van der Waals surface area contributed by atoms with E-state index in [0.717, 1.165) is 12.1 Å². The Hall–Kier alpha value is -0.520. The molecule has 7 heteroatoms. The van der Waals surface area contributed by atoms with E-state index in [9.17, 15) is 17.6 Å². The Labute approximate surface area is 107 Å². The number of halogens is 6. The first-order valence-corrected chi connectivity index (χ1v) is 4.94. The van der Waals surface area contributed by atoms with Gasteiger partial charge in [0.05, 0.1) is 0 Å². The van der Waals surface area contributed by atoms with E-state index < -0.39 is 24.5 Å². The minimum Gasteiger partial charge on any atom is -0.324 e. The second-order valence-corrected chi connectivity index (χ2v) is 3.83. The molecule has 0 heterocycles. The topological polar surface area (TPSA) is 26.0 Å². The SMILES string of the molecule is Cl.N[C@@H](CCC(F)(F)F)c1ccc(F)cc1Cl. The summed E-state index contributed by atoms with van der Waals surface area (Å²) in [7, 11) is 0. The number of hydrogen-bond acceptors (Lipinski definition) is 1. The molecule has 1 nitrogen and oxygen atoms in total. The number of nitrogens with two attached hydrogens (primary N) is 1. The number of rotatable bonds is 3. The molecule has 1 aromatic carbocycles. The van der Waals surface area contributed by atoms with Crippen molar-refractivity contribution in [3.8, 4) is 0 Å². The summed E-state index contributed by atoms with van der Waals surface area (Å²) < 4.78 is 48.5. The van der Waals surface area contributed by atoms with Crippen LogP contribution in [0.4, 0.5) is 17.6 Å². The summed E-state index contributed by atoms with van der Waals surface area (Å²) in [6, 6.07) is 2.62. The molecule has 0 unspecified atom stereocenters. The molecule has 1 aromatic rings. The molecule has 0 aliphatic carbocycles. The molecule has 0 fully saturated rings. The number of alkyl halides is 3. The minimum atomic E-state index is -4.25. The average Bonchev–Trinajstić information content (AvgIpc) is 2.13. The summed E-state index contributed by atoms with van der Waals surface area (Å²) in [5.41, 5.74) is 5.87. The van der Waals surface area contributed by atoms with Gasteiger partial charge in [0, 0.05) is 17.5 Å². The maximum absolute atomic E-state index is 12.7. The van der Waals surface area contributed by atoms with E-state index in [2.05, 4.69) is 0 Å². The first-order chi connectivity index (χ1) is 7.29. The zero-order valence-corrected chi connectivity index (χ0v) is 10.2. The molecule has 0 saturated carbocycles. The van der Waals surface area contributed by atoms with Crippen LogP contribution in [0.25, 0.3) is 0 Å². The quantitative estimate of drug-likeness (QED) is 0.828. The highest BCUT2D eigenvalue weighted by atomic mass is 35.5. The Bertz CT molecular complexity index is 368. The van der Waals surface area contributed by atoms with E-state index in [-0.39, 0.29) is 23.9 Å². The second-order valence-electron chi connectivity index (χ2n) is 3.43. The highest BCUT2D eigenvalue weighted by Crippen LogP contribution is 2.29. The Balaban J connectivity index is 0.00000256. The second kappa shape index (κ2) is 6.42. The van der Waals surface area contributed by atoms with Crippen LogP contribution in [0.5, 0.6) is 0 Å². The lowest BCUT2D eigenvalue weighted by atomic mass is 10.0. The predicted molar refractivity (Wildman–Crippen MR) is 60.9 cm³/mol. The molecule has 0 saturated heterocycles. The number of benzene rings is 1. The standard InChI is InChI=1S/C10H10ClF4N.ClH/c11-8-5-6(12)1-2-7(8)9(16)3-4-10(13,14)15;/h1-2,5,9H,3-4,16H2;1H/t9-;/m0./s1. The van der Waals surface area contributed by atoms with E-state index in [4.69, 9.17) is 17.3 Å². The summed E-state index contributed by atoms with van der Waals surface area (Å²) >= 11 is 5.67. The van der Waals surface area contributed by atoms with Crippen LogP contribution < -0.4 is 5.73 Å². The van der Waals surface area contributed by atoms with Gasteiger partial charge in [-0.25, -0.2) is 4.39 Å². The highest BCUT2D eigenvalue weighted by Gasteiger charge is 2.28. The van der Waals surface area contributed by atoms with Crippen LogP contribution in [0.1, 0.15) is 24.4 Å². The molecule has 1 atom stereocenters. The summed E-state index contributed by atoms with van der Waals surface area (Å²) in [4.78, 5) is 0. The normalized spacial score (nSPS) is 13.1. The molecule has 17 heavy (non-hydrogen) atoms. The first kappa shape index (κ1) is 16.5. The van der Waals surface area contributed by atoms with Gasteiger partial charge in [-0.15, -0.1) is 12.4 Å². The van der Waals surface area contributed by atoms with Gasteiger partial charge in [-0.2, -0.15) is 13.2 Å². The molecule has 2 N–H and O–H groups in total. The summed E-state index contributed by atoms with van der Waals surface area (Å²) in [6.07, 6.45) is -5.50. The fourth-order valence-electron chi connectivity index (χ4n) is 1.28. The van der Waals surface area contributed by atoms with Crippen LogP contribution in [0.3, 0.4) is 0 Å². The van der Waals surface area contributed by atoms with Crippen molar-refractivity contribution >= 4 is 24.0 Å². The Morgan fingerprint density at radius 3 is 2.35 bits per heavy atom. The van der Waals surface area contributed by atoms with E-state index in [1.54, 1.807) is 0 Å². The molecular formula is C10H11Cl2F4N. The van der Waals surface area contributed by atoms with Crippen molar-refractivity contribution in [3.63, 3.8) is 0 Å². The lowest BCUT2D eigenvalue weighted by Crippen LogP contribution is -2.16. The third-order valence-corrected chi connectivity index (χ3v) is 2.43. The van der Waals surface area contributed by atoms with Gasteiger partial charge in [-0.05, 0) is 24.1 Å². The molecule has 98 valence electrons. The lowest BCUT2D eigenvalue weighted by molar-refractivity contribution is -0.136. The van der Waals surface area contributed by atoms with Crippen molar-refractivity contribution < 1.29 is 17.6 Å². The van der Waals surface area contributed by atoms with Crippen molar-refractivity contribution in [1.82, 2.24) is 0 Å². The van der Waals surface area contributed by atoms with Gasteiger partial charge >= 0.3 is 6.18 Å². The molecule has 0 amide bonds. The van der Waals surface area contributed by atoms with Crippen LogP contribution in [0.2, 0.25) is 5.02 Å². The van der Waals surface area contributed by atoms with Crippen molar-refractivity contribution in [2.24, 2.45) is 5.73 Å². The molecule has 0 radical (unpaired) electrons. The van der Waals surface area contributed by atoms with Gasteiger partial charge in [-0.1, -0.05) is 17.7 Å². The Morgan fingerprint density at radius 1 is 1.29 bits per heavy atom. The molecular weight excluding hydrogens is 281 g/mol. The monoisotopic (exact) mass is 291 g/mol. The molecule has 1 rings (SSSR count). The van der Waals surface area contributed by atoms with Crippen molar-refractivity contribution in [2.75, 3.05) is 0 Å². The Kier molecular flexibility index (Phi) is 6.23. The molecule has 0 aliphatic heterocycles. The molecule has 0 aromatic heterocycles. The first-order valence-electron chi connectivity index (χ1n) is 4.57. The van der Waals surface area contributed by atoms with Crippen molar-refractivity contribution in [2.45, 2.75) is 25.1 Å². The van der Waals surface area contributed by atoms with Gasteiger partial charge in [0.1, 0.15) is 5.82 Å². The smallest absolute Gasteiger partial charge is 0.324 e. The minimum absolute atomic E-state index is 0. The summed E-state index contributed by atoms with van der Waals surface area (Å²) in [5, 5.41) is 0.0506. The van der Waals surface area contributed by atoms with Crippen LogP contribution in [0, 0.1) is 5.82 Å². The number of hydrogen-bond donors (Lipinski definition) is 1. The van der Waals surface area contributed by atoms with E-state index >= 15 is 0 Å². The maximum Gasteiger partial charge on any atom is 0.389 e. The average molecular weight is 292 g/mol. The van der Waals surface area contributed by atoms with Crippen LogP contribution in [0.15, 0.2) is 18.2 Å². The summed E-state index contributed by atoms with van der Waals surface area (Å²) in [5.74, 6) is -0.545. The lowest BCUT2D eigenvalue weighted by Gasteiger charge is -2.14. The van der Waals surface area contributed by atoms with Crippen LogP contribution >= 0.6 is 24.0 Å². The Morgan fingerprint density at radius 2 is 1.88 bits per heavy atom. The molecule has 0 aliphatic rings. The zero-order valence-electron chi connectivity index (χ0n) is 8.60. The predicted octanol–water partition coefficient (Wildman–Crippen LogP) is 4.24. The van der Waals surface area contributed by atoms with Crippen LogP contribution in [-0.2, 0) is 0 Å². The maximum atomic E-state index is 12.7. The highest BCUT2D eigenvalue weighted by molar-refractivity contribution is 6.31. The van der Waals surface area contributed by atoms with Crippen LogP contribution in [-0.4, -0.2) is 6.18 Å². The van der Waals surface area contributed by atoms with Crippen molar-refractivity contribution in [3.05, 3.63) is 34.6 Å². The van der Waals surface area contributed by atoms with E-state index in [1.165, 1.54) is 6.07 Å².